The molecule has 1 fully saturated rings. The molecule has 70 valence electrons. The standard InChI is InChI=1S/C9H18N2O/c1-3-10-8(2)9(12)11-6-4-5-7-11/h8,10H,3-7H2,1-2H3. The molecule has 0 aromatic carbocycles. The van der Waals surface area contributed by atoms with Crippen molar-refractivity contribution in [2.24, 2.45) is 0 Å². The Balaban J connectivity index is 2.34. The lowest BCUT2D eigenvalue weighted by Gasteiger charge is -2.20. The molecule has 0 saturated carbocycles. The van der Waals surface area contributed by atoms with Crippen molar-refractivity contribution in [3.8, 4) is 0 Å². The van der Waals surface area contributed by atoms with Gasteiger partial charge in [0, 0.05) is 13.1 Å². The summed E-state index contributed by atoms with van der Waals surface area (Å²) in [4.78, 5) is 13.6. The Bertz CT molecular complexity index is 153. The first-order chi connectivity index (χ1) is 5.75. The molecule has 1 unspecified atom stereocenters. The Hall–Kier alpha value is -0.570. The summed E-state index contributed by atoms with van der Waals surface area (Å²) in [6, 6.07) is -0.00639. The number of nitrogens with one attached hydrogen (secondary N) is 1. The first-order valence-electron chi connectivity index (χ1n) is 4.78. The highest BCUT2D eigenvalue weighted by atomic mass is 16.2. The van der Waals surface area contributed by atoms with E-state index in [0.717, 1.165) is 19.6 Å². The van der Waals surface area contributed by atoms with Crippen LogP contribution in [0.3, 0.4) is 0 Å². The molecule has 12 heavy (non-hydrogen) atoms. The first-order valence-corrected chi connectivity index (χ1v) is 4.78. The average Bonchev–Trinajstić information content (AvgIpc) is 2.55. The third-order valence-electron chi connectivity index (χ3n) is 2.30. The van der Waals surface area contributed by atoms with E-state index in [9.17, 15) is 4.79 Å². The van der Waals surface area contributed by atoms with Gasteiger partial charge in [-0.15, -0.1) is 0 Å². The van der Waals surface area contributed by atoms with E-state index >= 15 is 0 Å². The Morgan fingerprint density at radius 3 is 2.58 bits per heavy atom. The molecule has 1 saturated heterocycles. The second-order valence-electron chi connectivity index (χ2n) is 3.31. The predicted molar refractivity (Wildman–Crippen MR) is 49.0 cm³/mol. The molecule has 1 amide bonds. The zero-order valence-electron chi connectivity index (χ0n) is 7.97. The summed E-state index contributed by atoms with van der Waals surface area (Å²) in [5, 5.41) is 3.13. The van der Waals surface area contributed by atoms with E-state index in [1.54, 1.807) is 0 Å². The summed E-state index contributed by atoms with van der Waals surface area (Å²) in [5.74, 6) is 0.259. The molecule has 0 bridgehead atoms. The van der Waals surface area contributed by atoms with Gasteiger partial charge in [0.1, 0.15) is 0 Å². The highest BCUT2D eigenvalue weighted by molar-refractivity contribution is 5.81. The van der Waals surface area contributed by atoms with Gasteiger partial charge >= 0.3 is 0 Å². The van der Waals surface area contributed by atoms with Crippen molar-refractivity contribution in [3.63, 3.8) is 0 Å². The quantitative estimate of drug-likeness (QED) is 0.673. The van der Waals surface area contributed by atoms with E-state index in [1.807, 2.05) is 18.7 Å². The van der Waals surface area contributed by atoms with E-state index in [-0.39, 0.29) is 11.9 Å². The van der Waals surface area contributed by atoms with Crippen LogP contribution in [0.25, 0.3) is 0 Å². The highest BCUT2D eigenvalue weighted by Crippen LogP contribution is 2.08. The van der Waals surface area contributed by atoms with Gasteiger partial charge < -0.3 is 10.2 Å². The van der Waals surface area contributed by atoms with Gasteiger partial charge in [0.05, 0.1) is 6.04 Å². The molecule has 1 atom stereocenters. The number of rotatable bonds is 3. The van der Waals surface area contributed by atoms with Crippen LogP contribution in [0.5, 0.6) is 0 Å². The number of likely N-dealkylation sites (N-methyl/N-ethyl adjacent to an activating group) is 1. The normalized spacial score (nSPS) is 19.7. The SMILES string of the molecule is CCNC(C)C(=O)N1CCCC1. The monoisotopic (exact) mass is 170 g/mol. The molecule has 1 N–H and O–H groups in total. The van der Waals surface area contributed by atoms with E-state index < -0.39 is 0 Å². The Morgan fingerprint density at radius 2 is 2.08 bits per heavy atom. The summed E-state index contributed by atoms with van der Waals surface area (Å²) in [6.07, 6.45) is 2.34. The maximum atomic E-state index is 11.6. The zero-order chi connectivity index (χ0) is 8.97. The van der Waals surface area contributed by atoms with Crippen LogP contribution in [0.2, 0.25) is 0 Å². The van der Waals surface area contributed by atoms with Crippen LogP contribution in [0.1, 0.15) is 26.7 Å². The first kappa shape index (κ1) is 9.52. The van der Waals surface area contributed by atoms with Crippen LogP contribution in [0.4, 0.5) is 0 Å². The average molecular weight is 170 g/mol. The number of amides is 1. The van der Waals surface area contributed by atoms with Crippen molar-refractivity contribution in [3.05, 3.63) is 0 Å². The molecule has 1 rings (SSSR count). The van der Waals surface area contributed by atoms with Gasteiger partial charge in [-0.25, -0.2) is 0 Å². The molecule has 1 aliphatic heterocycles. The molecule has 0 spiro atoms. The third-order valence-corrected chi connectivity index (χ3v) is 2.30. The molecule has 3 heteroatoms. The van der Waals surface area contributed by atoms with Crippen molar-refractivity contribution >= 4 is 5.91 Å². The van der Waals surface area contributed by atoms with Crippen LogP contribution in [0, 0.1) is 0 Å². The summed E-state index contributed by atoms with van der Waals surface area (Å²) in [6.45, 7) is 6.72. The lowest BCUT2D eigenvalue weighted by atomic mass is 10.3. The van der Waals surface area contributed by atoms with Crippen molar-refractivity contribution in [2.45, 2.75) is 32.7 Å². The number of hydrogen-bond acceptors (Lipinski definition) is 2. The van der Waals surface area contributed by atoms with Gasteiger partial charge in [-0.3, -0.25) is 4.79 Å². The van der Waals surface area contributed by atoms with E-state index in [4.69, 9.17) is 0 Å². The maximum absolute atomic E-state index is 11.6. The Morgan fingerprint density at radius 1 is 1.50 bits per heavy atom. The highest BCUT2D eigenvalue weighted by Gasteiger charge is 2.21. The molecule has 1 heterocycles. The van der Waals surface area contributed by atoms with Crippen LogP contribution >= 0.6 is 0 Å². The minimum atomic E-state index is -0.00639. The fraction of sp³-hybridized carbons (Fsp3) is 0.889. The molecule has 3 nitrogen and oxygen atoms in total. The second-order valence-corrected chi connectivity index (χ2v) is 3.31. The van der Waals surface area contributed by atoms with Crippen LogP contribution in [-0.4, -0.2) is 36.5 Å². The molecule has 0 aromatic heterocycles. The lowest BCUT2D eigenvalue weighted by molar-refractivity contribution is -0.131. The van der Waals surface area contributed by atoms with Gasteiger partial charge in [-0.05, 0) is 26.3 Å². The summed E-state index contributed by atoms with van der Waals surface area (Å²) >= 11 is 0. The van der Waals surface area contributed by atoms with Gasteiger partial charge in [0.25, 0.3) is 0 Å². The van der Waals surface area contributed by atoms with Gasteiger partial charge in [0.2, 0.25) is 5.91 Å². The number of nitrogens with zero attached hydrogens (tertiary/aromatic N) is 1. The second kappa shape index (κ2) is 4.45. The minimum absolute atomic E-state index is 0.00639. The molecule has 1 aliphatic rings. The number of carbonyl (C=O) groups excluding carboxylic acids is 1. The van der Waals surface area contributed by atoms with Crippen LogP contribution in [-0.2, 0) is 4.79 Å². The molecule has 0 radical (unpaired) electrons. The molecular formula is C9H18N2O. The van der Waals surface area contributed by atoms with Gasteiger partial charge in [0.15, 0.2) is 0 Å². The van der Waals surface area contributed by atoms with Crippen molar-refractivity contribution in [1.29, 1.82) is 0 Å². The fourth-order valence-electron chi connectivity index (χ4n) is 1.60. The smallest absolute Gasteiger partial charge is 0.239 e. The Kier molecular flexibility index (Phi) is 3.53. The van der Waals surface area contributed by atoms with Crippen LogP contribution in [0.15, 0.2) is 0 Å². The van der Waals surface area contributed by atoms with Gasteiger partial charge in [-0.2, -0.15) is 0 Å². The minimum Gasteiger partial charge on any atom is -0.341 e. The summed E-state index contributed by atoms with van der Waals surface area (Å²) in [7, 11) is 0. The molecule has 0 aromatic rings. The van der Waals surface area contributed by atoms with E-state index in [2.05, 4.69) is 5.32 Å². The Labute approximate surface area is 74.1 Å². The number of likely N-dealkylation sites (tertiary alicyclic amines) is 1. The van der Waals surface area contributed by atoms with E-state index in [1.165, 1.54) is 12.8 Å². The fourth-order valence-corrected chi connectivity index (χ4v) is 1.60. The number of hydrogen-bond donors (Lipinski definition) is 1. The third kappa shape index (κ3) is 2.21. The van der Waals surface area contributed by atoms with Crippen LogP contribution < -0.4 is 5.32 Å². The number of carbonyl (C=O) groups is 1. The topological polar surface area (TPSA) is 32.3 Å². The molecule has 0 aliphatic carbocycles. The van der Waals surface area contributed by atoms with Gasteiger partial charge in [-0.1, -0.05) is 6.92 Å². The molecular weight excluding hydrogens is 152 g/mol. The zero-order valence-corrected chi connectivity index (χ0v) is 7.97. The maximum Gasteiger partial charge on any atom is 0.239 e. The lowest BCUT2D eigenvalue weighted by Crippen LogP contribution is -2.43. The van der Waals surface area contributed by atoms with Crippen molar-refractivity contribution in [1.82, 2.24) is 10.2 Å². The van der Waals surface area contributed by atoms with Crippen molar-refractivity contribution in [2.75, 3.05) is 19.6 Å². The van der Waals surface area contributed by atoms with Crippen molar-refractivity contribution < 1.29 is 4.79 Å². The largest absolute Gasteiger partial charge is 0.341 e. The van der Waals surface area contributed by atoms with E-state index in [0.29, 0.717) is 0 Å². The predicted octanol–water partition coefficient (Wildman–Crippen LogP) is 0.607. The summed E-state index contributed by atoms with van der Waals surface area (Å²) in [5.41, 5.74) is 0. The summed E-state index contributed by atoms with van der Waals surface area (Å²) < 4.78 is 0.